The predicted octanol–water partition coefficient (Wildman–Crippen LogP) is 1.98. The van der Waals surface area contributed by atoms with Gasteiger partial charge in [-0.25, -0.2) is 8.42 Å². The molecule has 1 aliphatic heterocycles. The first-order valence-electron chi connectivity index (χ1n) is 6.82. The number of nitrogens with two attached hydrogens (primary N) is 2. The van der Waals surface area contributed by atoms with Crippen LogP contribution in [0.15, 0.2) is 40.1 Å². The van der Waals surface area contributed by atoms with Crippen LogP contribution in [-0.2, 0) is 22.8 Å². The zero-order valence-corrected chi connectivity index (χ0v) is 13.3. The third-order valence-electron chi connectivity index (χ3n) is 3.81. The quantitative estimate of drug-likeness (QED) is 0.728. The molecule has 0 bridgehead atoms. The van der Waals surface area contributed by atoms with Crippen molar-refractivity contribution in [3.63, 3.8) is 0 Å². The van der Waals surface area contributed by atoms with Gasteiger partial charge in [-0.1, -0.05) is 23.7 Å². The molecule has 0 unspecified atom stereocenters. The van der Waals surface area contributed by atoms with Gasteiger partial charge in [0, 0.05) is 6.54 Å². The van der Waals surface area contributed by atoms with E-state index in [2.05, 4.69) is 5.32 Å². The summed E-state index contributed by atoms with van der Waals surface area (Å²) in [6.45, 7) is 1.41. The number of hydrogen-bond acceptors (Lipinski definition) is 5. The summed E-state index contributed by atoms with van der Waals surface area (Å²) in [4.78, 5) is 0.283. The van der Waals surface area contributed by atoms with Crippen molar-refractivity contribution >= 4 is 32.8 Å². The van der Waals surface area contributed by atoms with Crippen LogP contribution in [0.3, 0.4) is 0 Å². The molecule has 0 aliphatic carbocycles. The van der Waals surface area contributed by atoms with Crippen molar-refractivity contribution in [3.05, 3.63) is 46.5 Å². The zero-order valence-electron chi connectivity index (χ0n) is 11.8. The van der Waals surface area contributed by atoms with E-state index >= 15 is 0 Å². The summed E-state index contributed by atoms with van der Waals surface area (Å²) in [7, 11) is -3.75. The SMILES string of the molecule is Nc1cc(Cl)c(S(=O)(=O)c2cccc3c2CCNC3)cc1N. The average molecular weight is 338 g/mol. The van der Waals surface area contributed by atoms with Gasteiger partial charge in [0.2, 0.25) is 9.84 Å². The Morgan fingerprint density at radius 2 is 1.82 bits per heavy atom. The number of fused-ring (bicyclic) bond motifs is 1. The number of hydrogen-bond donors (Lipinski definition) is 3. The maximum atomic E-state index is 13.0. The third-order valence-corrected chi connectivity index (χ3v) is 6.12. The second kappa shape index (κ2) is 5.46. The predicted molar refractivity (Wildman–Crippen MR) is 87.6 cm³/mol. The second-order valence-electron chi connectivity index (χ2n) is 5.24. The van der Waals surface area contributed by atoms with Crippen LogP contribution in [0.5, 0.6) is 0 Å². The molecule has 5 nitrogen and oxygen atoms in total. The molecule has 5 N–H and O–H groups in total. The molecule has 2 aromatic carbocycles. The van der Waals surface area contributed by atoms with Crippen LogP contribution in [0.4, 0.5) is 11.4 Å². The molecule has 1 aliphatic rings. The number of halogens is 1. The highest BCUT2D eigenvalue weighted by molar-refractivity contribution is 7.91. The molecule has 22 heavy (non-hydrogen) atoms. The topological polar surface area (TPSA) is 98.2 Å². The summed E-state index contributed by atoms with van der Waals surface area (Å²) in [6.07, 6.45) is 0.660. The number of anilines is 2. The van der Waals surface area contributed by atoms with Gasteiger partial charge in [-0.2, -0.15) is 0 Å². The molecule has 116 valence electrons. The van der Waals surface area contributed by atoms with Crippen molar-refractivity contribution in [1.82, 2.24) is 5.32 Å². The van der Waals surface area contributed by atoms with Gasteiger partial charge in [-0.15, -0.1) is 0 Å². The van der Waals surface area contributed by atoms with E-state index in [1.54, 1.807) is 12.1 Å². The number of rotatable bonds is 2. The first-order valence-corrected chi connectivity index (χ1v) is 8.68. The Balaban J connectivity index is 2.22. The van der Waals surface area contributed by atoms with Gasteiger partial charge in [0.25, 0.3) is 0 Å². The highest BCUT2D eigenvalue weighted by Crippen LogP contribution is 2.35. The lowest BCUT2D eigenvalue weighted by molar-refractivity contribution is 0.589. The Kier molecular flexibility index (Phi) is 3.76. The Morgan fingerprint density at radius 3 is 2.59 bits per heavy atom. The Hall–Kier alpha value is -1.76. The third kappa shape index (κ3) is 2.43. The van der Waals surface area contributed by atoms with E-state index in [1.165, 1.54) is 12.1 Å². The van der Waals surface area contributed by atoms with Crippen LogP contribution in [-0.4, -0.2) is 15.0 Å². The summed E-state index contributed by atoms with van der Waals surface area (Å²) < 4.78 is 26.0. The summed E-state index contributed by atoms with van der Waals surface area (Å²) in [6, 6.07) is 7.99. The smallest absolute Gasteiger partial charge is 0.208 e. The van der Waals surface area contributed by atoms with E-state index < -0.39 is 9.84 Å². The summed E-state index contributed by atoms with van der Waals surface area (Å²) in [5, 5.41) is 3.31. The van der Waals surface area contributed by atoms with E-state index in [1.807, 2.05) is 6.07 Å². The minimum absolute atomic E-state index is 0.00667. The van der Waals surface area contributed by atoms with E-state index in [0.29, 0.717) is 13.0 Å². The molecule has 3 rings (SSSR count). The first-order chi connectivity index (χ1) is 10.4. The van der Waals surface area contributed by atoms with Crippen molar-refractivity contribution < 1.29 is 8.42 Å². The van der Waals surface area contributed by atoms with Crippen LogP contribution < -0.4 is 16.8 Å². The number of sulfone groups is 1. The van der Waals surface area contributed by atoms with Crippen molar-refractivity contribution in [2.24, 2.45) is 0 Å². The molecule has 0 radical (unpaired) electrons. The second-order valence-corrected chi connectivity index (χ2v) is 7.53. The molecule has 2 aromatic rings. The molecule has 0 amide bonds. The first kappa shape index (κ1) is 15.1. The van der Waals surface area contributed by atoms with Gasteiger partial charge in [-0.3, -0.25) is 0 Å². The monoisotopic (exact) mass is 337 g/mol. The van der Waals surface area contributed by atoms with Gasteiger partial charge in [0.15, 0.2) is 0 Å². The fourth-order valence-corrected chi connectivity index (χ4v) is 4.78. The number of benzene rings is 2. The van der Waals surface area contributed by atoms with Gasteiger partial charge >= 0.3 is 0 Å². The Bertz CT molecular complexity index is 850. The fraction of sp³-hybridized carbons (Fsp3) is 0.200. The summed E-state index contributed by atoms with van der Waals surface area (Å²) >= 11 is 6.09. The van der Waals surface area contributed by atoms with Crippen LogP contribution in [0.25, 0.3) is 0 Å². The van der Waals surface area contributed by atoms with E-state index in [9.17, 15) is 8.42 Å². The molecule has 7 heteroatoms. The Labute approximate surface area is 134 Å². The van der Waals surface area contributed by atoms with Crippen LogP contribution >= 0.6 is 11.6 Å². The van der Waals surface area contributed by atoms with Crippen molar-refractivity contribution in [1.29, 1.82) is 0 Å². The minimum atomic E-state index is -3.75. The Morgan fingerprint density at radius 1 is 1.09 bits per heavy atom. The fourth-order valence-electron chi connectivity index (χ4n) is 2.66. The maximum absolute atomic E-state index is 13.0. The zero-order chi connectivity index (χ0) is 15.9. The standard InChI is InChI=1S/C15H16ClN3O2S/c16-11-6-12(17)13(18)7-15(11)22(20,21)14-3-1-2-9-8-19-5-4-10(9)14/h1-3,6-7,19H,4-5,8,17-18H2. The number of nitrogens with one attached hydrogen (secondary N) is 1. The van der Waals surface area contributed by atoms with E-state index in [4.69, 9.17) is 23.1 Å². The van der Waals surface area contributed by atoms with E-state index in [0.717, 1.165) is 17.7 Å². The summed E-state index contributed by atoms with van der Waals surface area (Å²) in [5.41, 5.74) is 13.7. The largest absolute Gasteiger partial charge is 0.397 e. The van der Waals surface area contributed by atoms with Gasteiger partial charge in [-0.05, 0) is 42.3 Å². The van der Waals surface area contributed by atoms with E-state index in [-0.39, 0.29) is 26.2 Å². The molecule has 0 atom stereocenters. The summed E-state index contributed by atoms with van der Waals surface area (Å²) in [5.74, 6) is 0. The molecule has 1 heterocycles. The molecule has 0 fully saturated rings. The van der Waals surface area contributed by atoms with Crippen LogP contribution in [0.1, 0.15) is 11.1 Å². The van der Waals surface area contributed by atoms with Crippen molar-refractivity contribution in [2.45, 2.75) is 22.8 Å². The van der Waals surface area contributed by atoms with Gasteiger partial charge in [0.05, 0.1) is 26.2 Å². The maximum Gasteiger partial charge on any atom is 0.208 e. The lowest BCUT2D eigenvalue weighted by atomic mass is 10.0. The highest BCUT2D eigenvalue weighted by Gasteiger charge is 2.26. The molecular formula is C15H16ClN3O2S. The van der Waals surface area contributed by atoms with Crippen LogP contribution in [0.2, 0.25) is 5.02 Å². The van der Waals surface area contributed by atoms with Crippen molar-refractivity contribution in [2.75, 3.05) is 18.0 Å². The van der Waals surface area contributed by atoms with Crippen molar-refractivity contribution in [3.8, 4) is 0 Å². The highest BCUT2D eigenvalue weighted by atomic mass is 35.5. The molecule has 0 saturated heterocycles. The number of nitrogen functional groups attached to an aromatic ring is 2. The van der Waals surface area contributed by atoms with Crippen LogP contribution in [0, 0.1) is 0 Å². The lowest BCUT2D eigenvalue weighted by Crippen LogP contribution is -2.25. The molecule has 0 aromatic heterocycles. The molecule has 0 saturated carbocycles. The minimum Gasteiger partial charge on any atom is -0.397 e. The van der Waals surface area contributed by atoms with Gasteiger partial charge in [0.1, 0.15) is 0 Å². The lowest BCUT2D eigenvalue weighted by Gasteiger charge is -2.20. The molecular weight excluding hydrogens is 322 g/mol. The molecule has 0 spiro atoms. The normalized spacial score (nSPS) is 14.6. The average Bonchev–Trinajstić information content (AvgIpc) is 2.50. The van der Waals surface area contributed by atoms with Gasteiger partial charge < -0.3 is 16.8 Å².